The molecule has 0 bridgehead atoms. The van der Waals surface area contributed by atoms with Crippen molar-refractivity contribution >= 4 is 10.2 Å². The van der Waals surface area contributed by atoms with Gasteiger partial charge >= 0.3 is 0 Å². The van der Waals surface area contributed by atoms with Crippen LogP contribution in [0.15, 0.2) is 24.3 Å². The van der Waals surface area contributed by atoms with Crippen LogP contribution >= 0.6 is 0 Å². The first kappa shape index (κ1) is 15.9. The molecule has 22 heavy (non-hydrogen) atoms. The Labute approximate surface area is 130 Å². The van der Waals surface area contributed by atoms with Crippen LogP contribution in [0.2, 0.25) is 0 Å². The predicted octanol–water partition coefficient (Wildman–Crippen LogP) is 1.93. The number of rotatable bonds is 3. The van der Waals surface area contributed by atoms with Crippen LogP contribution in [0.3, 0.4) is 0 Å². The van der Waals surface area contributed by atoms with Crippen molar-refractivity contribution in [3.05, 3.63) is 35.6 Å². The molecule has 0 spiro atoms. The number of halogens is 1. The zero-order chi connectivity index (χ0) is 15.6. The Morgan fingerprint density at radius 2 is 1.68 bits per heavy atom. The topological polar surface area (TPSA) is 49.9 Å². The minimum absolute atomic E-state index is 0.282. The zero-order valence-corrected chi connectivity index (χ0v) is 13.3. The van der Waals surface area contributed by atoms with Crippen molar-refractivity contribution in [2.45, 2.75) is 25.4 Å². The van der Waals surface area contributed by atoms with E-state index < -0.39 is 10.2 Å². The van der Waals surface area contributed by atoms with Crippen molar-refractivity contribution in [2.24, 2.45) is 0 Å². The normalized spacial score (nSPS) is 25.2. The summed E-state index contributed by atoms with van der Waals surface area (Å²) < 4.78 is 47.2. The second-order valence-corrected chi connectivity index (χ2v) is 7.66. The fourth-order valence-corrected chi connectivity index (χ4v) is 4.65. The van der Waals surface area contributed by atoms with Gasteiger partial charge in [0.05, 0.1) is 12.7 Å². The van der Waals surface area contributed by atoms with E-state index in [0.29, 0.717) is 26.2 Å². The second kappa shape index (κ2) is 6.62. The molecule has 0 saturated carbocycles. The number of piperidine rings is 1. The van der Waals surface area contributed by atoms with Crippen molar-refractivity contribution < 1.29 is 17.5 Å². The molecule has 5 nitrogen and oxygen atoms in total. The molecule has 2 heterocycles. The van der Waals surface area contributed by atoms with Gasteiger partial charge in [0.1, 0.15) is 5.82 Å². The summed E-state index contributed by atoms with van der Waals surface area (Å²) in [4.78, 5) is 0. The molecule has 0 N–H and O–H groups in total. The van der Waals surface area contributed by atoms with Gasteiger partial charge < -0.3 is 4.74 Å². The summed E-state index contributed by atoms with van der Waals surface area (Å²) >= 11 is 0. The number of morpholine rings is 1. The summed E-state index contributed by atoms with van der Waals surface area (Å²) in [6.45, 7) is 2.21. The van der Waals surface area contributed by atoms with E-state index in [2.05, 4.69) is 0 Å². The SMILES string of the molecule is O=S(=O)(N1CCCCC1)N1CCOC(c2ccc(F)cc2)C1. The molecule has 7 heteroatoms. The van der Waals surface area contributed by atoms with E-state index in [9.17, 15) is 12.8 Å². The van der Waals surface area contributed by atoms with Gasteiger partial charge in [-0.05, 0) is 30.5 Å². The quantitative estimate of drug-likeness (QED) is 0.852. The second-order valence-electron chi connectivity index (χ2n) is 5.74. The molecule has 2 saturated heterocycles. The molecule has 3 rings (SSSR count). The lowest BCUT2D eigenvalue weighted by Gasteiger charge is -2.36. The highest BCUT2D eigenvalue weighted by molar-refractivity contribution is 7.86. The van der Waals surface area contributed by atoms with Crippen LogP contribution in [0.25, 0.3) is 0 Å². The Morgan fingerprint density at radius 1 is 1.00 bits per heavy atom. The average Bonchev–Trinajstić information content (AvgIpc) is 2.56. The number of ether oxygens (including phenoxy) is 1. The zero-order valence-electron chi connectivity index (χ0n) is 12.4. The van der Waals surface area contributed by atoms with Crippen LogP contribution in [-0.2, 0) is 14.9 Å². The summed E-state index contributed by atoms with van der Waals surface area (Å²) in [5, 5.41) is 0. The van der Waals surface area contributed by atoms with Gasteiger partial charge in [-0.2, -0.15) is 17.0 Å². The molecular formula is C15H21FN2O3S. The van der Waals surface area contributed by atoms with E-state index in [-0.39, 0.29) is 18.5 Å². The van der Waals surface area contributed by atoms with Crippen molar-refractivity contribution in [3.63, 3.8) is 0 Å². The molecule has 1 aromatic rings. The first-order chi connectivity index (χ1) is 10.6. The summed E-state index contributed by atoms with van der Waals surface area (Å²) in [5.74, 6) is -0.308. The molecule has 1 atom stereocenters. The third-order valence-electron chi connectivity index (χ3n) is 4.24. The molecule has 0 radical (unpaired) electrons. The largest absolute Gasteiger partial charge is 0.371 e. The van der Waals surface area contributed by atoms with E-state index in [0.717, 1.165) is 24.8 Å². The molecular weight excluding hydrogens is 307 g/mol. The smallest absolute Gasteiger partial charge is 0.282 e. The Hall–Kier alpha value is -1.02. The molecule has 0 aliphatic carbocycles. The minimum atomic E-state index is -3.42. The van der Waals surface area contributed by atoms with Crippen LogP contribution < -0.4 is 0 Å². The van der Waals surface area contributed by atoms with Gasteiger partial charge in [0.15, 0.2) is 0 Å². The highest BCUT2D eigenvalue weighted by Crippen LogP contribution is 2.26. The van der Waals surface area contributed by atoms with Crippen LogP contribution in [0.1, 0.15) is 30.9 Å². The third kappa shape index (κ3) is 3.32. The first-order valence-corrected chi connectivity index (χ1v) is 9.09. The highest BCUT2D eigenvalue weighted by Gasteiger charge is 2.35. The lowest BCUT2D eigenvalue weighted by molar-refractivity contribution is -0.00452. The maximum absolute atomic E-state index is 13.0. The van der Waals surface area contributed by atoms with Crippen molar-refractivity contribution in [1.82, 2.24) is 8.61 Å². The lowest BCUT2D eigenvalue weighted by atomic mass is 10.1. The van der Waals surface area contributed by atoms with Gasteiger partial charge in [-0.15, -0.1) is 0 Å². The van der Waals surface area contributed by atoms with Crippen molar-refractivity contribution in [3.8, 4) is 0 Å². The first-order valence-electron chi connectivity index (χ1n) is 7.70. The molecule has 122 valence electrons. The Kier molecular flexibility index (Phi) is 4.77. The van der Waals surface area contributed by atoms with Crippen LogP contribution in [0.4, 0.5) is 4.39 Å². The fraction of sp³-hybridized carbons (Fsp3) is 0.600. The summed E-state index contributed by atoms with van der Waals surface area (Å²) in [7, 11) is -3.42. The van der Waals surface area contributed by atoms with Gasteiger partial charge in [0.25, 0.3) is 10.2 Å². The van der Waals surface area contributed by atoms with E-state index in [1.54, 1.807) is 16.4 Å². The predicted molar refractivity (Wildman–Crippen MR) is 81.0 cm³/mol. The minimum Gasteiger partial charge on any atom is -0.371 e. The van der Waals surface area contributed by atoms with Crippen LogP contribution in [-0.4, -0.2) is 49.8 Å². The Morgan fingerprint density at radius 3 is 2.36 bits per heavy atom. The molecule has 1 unspecified atom stereocenters. The number of hydrogen-bond acceptors (Lipinski definition) is 3. The van der Waals surface area contributed by atoms with Gasteiger partial charge in [-0.25, -0.2) is 4.39 Å². The Balaban J connectivity index is 1.73. The number of nitrogens with zero attached hydrogens (tertiary/aromatic N) is 2. The van der Waals surface area contributed by atoms with Gasteiger partial charge in [-0.1, -0.05) is 18.6 Å². The fourth-order valence-electron chi connectivity index (χ4n) is 2.97. The summed E-state index contributed by atoms with van der Waals surface area (Å²) in [6.07, 6.45) is 2.59. The standard InChI is InChI=1S/C15H21FN2O3S/c16-14-6-4-13(5-7-14)15-12-18(10-11-21-15)22(19,20)17-8-2-1-3-9-17/h4-7,15H,1-3,8-12H2. The van der Waals surface area contributed by atoms with Gasteiger partial charge in [0, 0.05) is 26.2 Å². The van der Waals surface area contributed by atoms with E-state index >= 15 is 0 Å². The third-order valence-corrected chi connectivity index (χ3v) is 6.24. The molecule has 2 aliphatic rings. The molecule has 0 amide bonds. The molecule has 2 fully saturated rings. The molecule has 0 aromatic heterocycles. The number of benzene rings is 1. The number of hydrogen-bond donors (Lipinski definition) is 0. The Bertz CT molecular complexity index is 600. The molecule has 1 aromatic carbocycles. The summed E-state index contributed by atoms with van der Waals surface area (Å²) in [5.41, 5.74) is 0.806. The van der Waals surface area contributed by atoms with E-state index in [1.807, 2.05) is 0 Å². The van der Waals surface area contributed by atoms with Gasteiger partial charge in [-0.3, -0.25) is 0 Å². The van der Waals surface area contributed by atoms with Crippen LogP contribution in [0.5, 0.6) is 0 Å². The lowest BCUT2D eigenvalue weighted by Crippen LogP contribution is -2.50. The maximum atomic E-state index is 13.0. The van der Waals surface area contributed by atoms with Crippen molar-refractivity contribution in [1.29, 1.82) is 0 Å². The van der Waals surface area contributed by atoms with Crippen molar-refractivity contribution in [2.75, 3.05) is 32.8 Å². The van der Waals surface area contributed by atoms with Crippen LogP contribution in [0, 0.1) is 5.82 Å². The average molecular weight is 328 g/mol. The summed E-state index contributed by atoms with van der Waals surface area (Å²) in [6, 6.07) is 6.04. The van der Waals surface area contributed by atoms with E-state index in [1.165, 1.54) is 16.4 Å². The monoisotopic (exact) mass is 328 g/mol. The van der Waals surface area contributed by atoms with E-state index in [4.69, 9.17) is 4.74 Å². The van der Waals surface area contributed by atoms with Gasteiger partial charge in [0.2, 0.25) is 0 Å². The maximum Gasteiger partial charge on any atom is 0.282 e. The molecule has 2 aliphatic heterocycles. The highest BCUT2D eigenvalue weighted by atomic mass is 32.2.